The zero-order valence-electron chi connectivity index (χ0n) is 13.2. The van der Waals surface area contributed by atoms with Crippen LogP contribution in [0.2, 0.25) is 1.41 Å². The summed E-state index contributed by atoms with van der Waals surface area (Å²) in [6, 6.07) is 9.58. The minimum absolute atomic E-state index is 0.137. The Morgan fingerprint density at radius 3 is 2.18 bits per heavy atom. The molecular weight excluding hydrogens is 290 g/mol. The van der Waals surface area contributed by atoms with Gasteiger partial charge in [0.25, 0.3) is 0 Å². The standard InChI is InChI=1S/C15H25NO6/c17-9-11(18)12(19)13(20)14(21)15(22)16-8-4-7-10-5-2-1-3-6-10/h1-3,5-6,11-22H,4,7-9H2/t11-,12-,13+,14-,15?/m1/s1/i/hD. The molecule has 0 heterocycles. The van der Waals surface area contributed by atoms with E-state index in [1.807, 2.05) is 30.3 Å². The summed E-state index contributed by atoms with van der Waals surface area (Å²) in [6.45, 7) is -0.665. The van der Waals surface area contributed by atoms with Crippen molar-refractivity contribution in [2.45, 2.75) is 43.5 Å². The average molecular weight is 316 g/mol. The fourth-order valence-corrected chi connectivity index (χ4v) is 1.97. The largest absolute Gasteiger partial charge is 0.394 e. The second-order valence-electron chi connectivity index (χ2n) is 5.13. The van der Waals surface area contributed by atoms with Gasteiger partial charge in [0, 0.05) is 0 Å². The third kappa shape index (κ3) is 5.98. The van der Waals surface area contributed by atoms with Gasteiger partial charge in [-0.15, -0.1) is 0 Å². The second-order valence-corrected chi connectivity index (χ2v) is 5.13. The van der Waals surface area contributed by atoms with Gasteiger partial charge in [-0.25, -0.2) is 0 Å². The quantitative estimate of drug-likeness (QED) is 0.247. The molecule has 0 bridgehead atoms. The van der Waals surface area contributed by atoms with E-state index in [4.69, 9.17) is 6.52 Å². The zero-order valence-corrected chi connectivity index (χ0v) is 12.2. The molecule has 0 radical (unpaired) electrons. The molecule has 7 heteroatoms. The highest BCUT2D eigenvalue weighted by atomic mass is 16.4. The SMILES string of the molecule is [2H]N(CCCc1ccccc1)C(O)[C@H](O)[C@@H](O)[C@H](O)[C@H](O)CO. The van der Waals surface area contributed by atoms with Crippen LogP contribution >= 0.6 is 0 Å². The van der Waals surface area contributed by atoms with Crippen LogP contribution in [0, 0.1) is 0 Å². The first kappa shape index (κ1) is 17.3. The van der Waals surface area contributed by atoms with E-state index < -0.39 is 37.3 Å². The van der Waals surface area contributed by atoms with Gasteiger partial charge in [-0.3, -0.25) is 5.31 Å². The normalized spacial score (nSPS) is 19.3. The van der Waals surface area contributed by atoms with Crippen LogP contribution in [0.4, 0.5) is 0 Å². The summed E-state index contributed by atoms with van der Waals surface area (Å²) in [4.78, 5) is 0. The van der Waals surface area contributed by atoms with Crippen LogP contribution in [0.15, 0.2) is 30.3 Å². The zero-order chi connectivity index (χ0) is 17.4. The Hall–Kier alpha value is -1.06. The van der Waals surface area contributed by atoms with Gasteiger partial charge < -0.3 is 30.6 Å². The highest BCUT2D eigenvalue weighted by molar-refractivity contribution is 5.14. The maximum atomic E-state index is 9.83. The molecule has 0 saturated carbocycles. The first-order valence-electron chi connectivity index (χ1n) is 7.63. The highest BCUT2D eigenvalue weighted by Crippen LogP contribution is 2.08. The lowest BCUT2D eigenvalue weighted by atomic mass is 10.0. The minimum atomic E-state index is -1.89. The molecule has 5 atom stereocenters. The number of hydrogen-bond donors (Lipinski definition) is 7. The molecule has 1 aromatic rings. The highest BCUT2D eigenvalue weighted by Gasteiger charge is 2.33. The van der Waals surface area contributed by atoms with Crippen molar-refractivity contribution >= 4 is 0 Å². The lowest BCUT2D eigenvalue weighted by Gasteiger charge is -2.28. The molecule has 7 N–H and O–H groups in total. The van der Waals surface area contributed by atoms with E-state index in [1.54, 1.807) is 0 Å². The Balaban J connectivity index is 2.43. The van der Waals surface area contributed by atoms with Crippen LogP contribution < -0.4 is 5.31 Å². The van der Waals surface area contributed by atoms with E-state index in [1.165, 1.54) is 0 Å². The molecule has 1 rings (SSSR count). The van der Waals surface area contributed by atoms with Crippen molar-refractivity contribution in [3.8, 4) is 0 Å². The van der Waals surface area contributed by atoms with Gasteiger partial charge in [0.2, 0.25) is 0 Å². The molecule has 0 saturated heterocycles. The topological polar surface area (TPSA) is 133 Å². The smallest absolute Gasteiger partial charge is 0.133 e. The monoisotopic (exact) mass is 316 g/mol. The van der Waals surface area contributed by atoms with Crippen molar-refractivity contribution in [2.75, 3.05) is 13.2 Å². The van der Waals surface area contributed by atoms with Gasteiger partial charge in [0.05, 0.1) is 6.61 Å². The van der Waals surface area contributed by atoms with Gasteiger partial charge in [0.15, 0.2) is 0 Å². The first-order chi connectivity index (χ1) is 10.9. The lowest BCUT2D eigenvalue weighted by molar-refractivity contribution is -0.145. The molecule has 0 aliphatic rings. The van der Waals surface area contributed by atoms with Gasteiger partial charge in [-0.2, -0.15) is 0 Å². The van der Waals surface area contributed by atoms with Gasteiger partial charge >= 0.3 is 0 Å². The van der Waals surface area contributed by atoms with E-state index in [0.717, 1.165) is 5.56 Å². The summed E-state index contributed by atoms with van der Waals surface area (Å²) in [6.07, 6.45) is -7.73. The number of benzene rings is 1. The van der Waals surface area contributed by atoms with Crippen LogP contribution in [0.3, 0.4) is 0 Å². The van der Waals surface area contributed by atoms with Crippen LogP contribution in [-0.2, 0) is 6.42 Å². The minimum Gasteiger partial charge on any atom is -0.394 e. The summed E-state index contributed by atoms with van der Waals surface area (Å²) in [5.74, 6) is 0. The summed E-state index contributed by atoms with van der Waals surface area (Å²) >= 11 is 0. The Labute approximate surface area is 130 Å². The van der Waals surface area contributed by atoms with E-state index >= 15 is 0 Å². The Morgan fingerprint density at radius 1 is 0.955 bits per heavy atom. The molecular formula is C15H25NO6. The number of rotatable bonds is 10. The molecule has 1 aromatic carbocycles. The Morgan fingerprint density at radius 2 is 1.59 bits per heavy atom. The maximum Gasteiger partial charge on any atom is 0.133 e. The van der Waals surface area contributed by atoms with Crippen molar-refractivity contribution in [3.05, 3.63) is 35.9 Å². The van der Waals surface area contributed by atoms with Crippen LogP contribution in [0.1, 0.15) is 12.0 Å². The van der Waals surface area contributed by atoms with Crippen LogP contribution in [-0.4, -0.2) is 74.4 Å². The maximum absolute atomic E-state index is 9.83. The first-order valence-corrected chi connectivity index (χ1v) is 7.19. The van der Waals surface area contributed by atoms with Crippen molar-refractivity contribution in [1.82, 2.24) is 5.31 Å². The number of nitrogens with one attached hydrogen (secondary N) is 1. The third-order valence-electron chi connectivity index (χ3n) is 3.37. The van der Waals surface area contributed by atoms with Crippen molar-refractivity contribution < 1.29 is 32.1 Å². The number of aliphatic hydroxyl groups is 6. The van der Waals surface area contributed by atoms with E-state index in [2.05, 4.69) is 0 Å². The van der Waals surface area contributed by atoms with Crippen LogP contribution in [0.5, 0.6) is 0 Å². The Bertz CT molecular complexity index is 437. The summed E-state index contributed by atoms with van der Waals surface area (Å²) in [5.41, 5.74) is 1.08. The van der Waals surface area contributed by atoms with Crippen molar-refractivity contribution in [3.63, 3.8) is 0 Å². The molecule has 0 fully saturated rings. The molecule has 22 heavy (non-hydrogen) atoms. The predicted octanol–water partition coefficient (Wildman–Crippen LogP) is -2.04. The van der Waals surface area contributed by atoms with Gasteiger partial charge in [-0.05, 0) is 24.9 Å². The molecule has 0 amide bonds. The van der Waals surface area contributed by atoms with Crippen molar-refractivity contribution in [2.24, 2.45) is 0 Å². The fraction of sp³-hybridized carbons (Fsp3) is 0.600. The van der Waals surface area contributed by atoms with Crippen molar-refractivity contribution in [1.29, 1.82) is 0 Å². The molecule has 0 spiro atoms. The molecule has 1 unspecified atom stereocenters. The average Bonchev–Trinajstić information content (AvgIpc) is 2.59. The molecule has 0 aromatic heterocycles. The molecule has 0 aliphatic heterocycles. The lowest BCUT2D eigenvalue weighted by Crippen LogP contribution is -2.53. The Kier molecular flexibility index (Phi) is 7.75. The molecule has 7 nitrogen and oxygen atoms in total. The molecule has 0 aliphatic carbocycles. The number of aryl methyl sites for hydroxylation is 1. The number of aliphatic hydroxyl groups excluding tert-OH is 6. The molecule has 126 valence electrons. The predicted molar refractivity (Wildman–Crippen MR) is 79.9 cm³/mol. The van der Waals surface area contributed by atoms with E-state index in [9.17, 15) is 25.5 Å². The van der Waals surface area contributed by atoms with Gasteiger partial charge in [-0.1, -0.05) is 30.3 Å². The summed E-state index contributed by atoms with van der Waals surface area (Å²) in [7, 11) is 0. The summed E-state index contributed by atoms with van der Waals surface area (Å²) < 4.78 is 7.68. The van der Waals surface area contributed by atoms with Crippen LogP contribution in [0.25, 0.3) is 0 Å². The summed E-state index contributed by atoms with van der Waals surface area (Å²) in [5, 5.41) is 57.4. The fourth-order valence-electron chi connectivity index (χ4n) is 1.97. The number of hydrogen-bond acceptors (Lipinski definition) is 7. The van der Waals surface area contributed by atoms with Gasteiger partial charge in [0.1, 0.15) is 32.1 Å². The second kappa shape index (κ2) is 9.86. The van der Waals surface area contributed by atoms with E-state index in [-0.39, 0.29) is 6.54 Å². The third-order valence-corrected chi connectivity index (χ3v) is 3.37. The van der Waals surface area contributed by atoms with E-state index in [0.29, 0.717) is 18.2 Å².